The normalized spacial score (nSPS) is 27.1. The highest BCUT2D eigenvalue weighted by atomic mass is 15.3. The summed E-state index contributed by atoms with van der Waals surface area (Å²) in [4.78, 5) is 5.41. The van der Waals surface area contributed by atoms with E-state index < -0.39 is 0 Å². The lowest BCUT2D eigenvalue weighted by Crippen LogP contribution is -2.58. The fourth-order valence-corrected chi connectivity index (χ4v) is 3.82. The van der Waals surface area contributed by atoms with Crippen molar-refractivity contribution in [2.45, 2.75) is 52.6 Å². The summed E-state index contributed by atoms with van der Waals surface area (Å²) in [7, 11) is 0. The molecule has 3 rings (SSSR count). The van der Waals surface area contributed by atoms with E-state index >= 15 is 0 Å². The molecule has 2 saturated heterocycles. The Morgan fingerprint density at radius 1 is 1.10 bits per heavy atom. The molecule has 110 valence electrons. The van der Waals surface area contributed by atoms with Crippen LogP contribution in [0.1, 0.15) is 37.8 Å². The smallest absolute Gasteiger partial charge is 0.0440 e. The van der Waals surface area contributed by atoms with Crippen molar-refractivity contribution in [3.8, 4) is 0 Å². The molecule has 0 bridgehead atoms. The van der Waals surface area contributed by atoms with Crippen molar-refractivity contribution in [3.05, 3.63) is 29.3 Å². The zero-order chi connectivity index (χ0) is 14.3. The molecular weight excluding hydrogens is 244 g/mol. The number of hydrogen-bond donors (Lipinski definition) is 0. The maximum absolute atomic E-state index is 2.72. The van der Waals surface area contributed by atoms with Gasteiger partial charge in [0.05, 0.1) is 0 Å². The summed E-state index contributed by atoms with van der Waals surface area (Å²) in [6.45, 7) is 12.9. The summed E-state index contributed by atoms with van der Waals surface area (Å²) in [5, 5.41) is 0. The summed E-state index contributed by atoms with van der Waals surface area (Å²) < 4.78 is 0. The molecular formula is C18H28N2. The largest absolute Gasteiger partial charge is 0.365 e. The highest BCUT2D eigenvalue weighted by molar-refractivity contribution is 5.52. The summed E-state index contributed by atoms with van der Waals surface area (Å²) >= 11 is 0. The van der Waals surface area contributed by atoms with E-state index in [0.717, 1.165) is 6.04 Å². The monoisotopic (exact) mass is 272 g/mol. The van der Waals surface area contributed by atoms with Gasteiger partial charge in [0.15, 0.2) is 0 Å². The Labute approximate surface area is 123 Å². The van der Waals surface area contributed by atoms with Gasteiger partial charge in [-0.2, -0.15) is 0 Å². The summed E-state index contributed by atoms with van der Waals surface area (Å²) in [6.07, 6.45) is 2.77. The van der Waals surface area contributed by atoms with Crippen LogP contribution in [0.2, 0.25) is 0 Å². The number of piperazine rings is 1. The van der Waals surface area contributed by atoms with Crippen LogP contribution >= 0.6 is 0 Å². The van der Waals surface area contributed by atoms with E-state index in [-0.39, 0.29) is 0 Å². The standard InChI is InChI=1S/C18H28N2/c1-13(2)18-12-19-9-5-6-17(19)11-20(18)16-8-7-14(3)15(4)10-16/h7-8,10,13,17-18H,5-6,9,11-12H2,1-4H3. The first-order valence-corrected chi connectivity index (χ1v) is 8.14. The summed E-state index contributed by atoms with van der Waals surface area (Å²) in [5.74, 6) is 0.707. The molecule has 0 N–H and O–H groups in total. The van der Waals surface area contributed by atoms with Gasteiger partial charge in [0, 0.05) is 30.9 Å². The quantitative estimate of drug-likeness (QED) is 0.811. The fourth-order valence-electron chi connectivity index (χ4n) is 3.82. The highest BCUT2D eigenvalue weighted by Gasteiger charge is 2.37. The lowest BCUT2D eigenvalue weighted by molar-refractivity contribution is 0.176. The van der Waals surface area contributed by atoms with E-state index in [4.69, 9.17) is 0 Å². The first-order valence-electron chi connectivity index (χ1n) is 8.14. The summed E-state index contributed by atoms with van der Waals surface area (Å²) in [5.41, 5.74) is 4.24. The Balaban J connectivity index is 1.89. The molecule has 1 aromatic rings. The van der Waals surface area contributed by atoms with Gasteiger partial charge in [0.2, 0.25) is 0 Å². The van der Waals surface area contributed by atoms with E-state index in [1.54, 1.807) is 0 Å². The van der Waals surface area contributed by atoms with Gasteiger partial charge in [-0.25, -0.2) is 0 Å². The van der Waals surface area contributed by atoms with Gasteiger partial charge in [-0.05, 0) is 62.4 Å². The number of rotatable bonds is 2. The zero-order valence-electron chi connectivity index (χ0n) is 13.4. The molecule has 0 spiro atoms. The number of anilines is 1. The van der Waals surface area contributed by atoms with Crippen LogP contribution in [0.5, 0.6) is 0 Å². The van der Waals surface area contributed by atoms with Gasteiger partial charge in [0.1, 0.15) is 0 Å². The fraction of sp³-hybridized carbons (Fsp3) is 0.667. The van der Waals surface area contributed by atoms with Gasteiger partial charge in [-0.3, -0.25) is 4.90 Å². The summed E-state index contributed by atoms with van der Waals surface area (Å²) in [6, 6.07) is 8.43. The minimum Gasteiger partial charge on any atom is -0.365 e. The maximum Gasteiger partial charge on any atom is 0.0440 e. The lowest BCUT2D eigenvalue weighted by Gasteiger charge is -2.47. The molecule has 0 amide bonds. The van der Waals surface area contributed by atoms with Gasteiger partial charge in [-0.15, -0.1) is 0 Å². The van der Waals surface area contributed by atoms with Crippen molar-refractivity contribution in [2.75, 3.05) is 24.5 Å². The molecule has 0 radical (unpaired) electrons. The molecule has 2 nitrogen and oxygen atoms in total. The molecule has 2 heteroatoms. The highest BCUT2D eigenvalue weighted by Crippen LogP contribution is 2.32. The van der Waals surface area contributed by atoms with Crippen molar-refractivity contribution in [1.29, 1.82) is 0 Å². The van der Waals surface area contributed by atoms with Crippen LogP contribution < -0.4 is 4.90 Å². The third-order valence-corrected chi connectivity index (χ3v) is 5.32. The Hall–Kier alpha value is -1.02. The maximum atomic E-state index is 2.72. The first-order chi connectivity index (χ1) is 9.56. The predicted molar refractivity (Wildman–Crippen MR) is 86.5 cm³/mol. The van der Waals surface area contributed by atoms with Gasteiger partial charge in [-0.1, -0.05) is 19.9 Å². The Bertz CT molecular complexity index is 480. The molecule has 2 aliphatic heterocycles. The van der Waals surface area contributed by atoms with Crippen molar-refractivity contribution in [2.24, 2.45) is 5.92 Å². The van der Waals surface area contributed by atoms with Crippen LogP contribution in [0.25, 0.3) is 0 Å². The van der Waals surface area contributed by atoms with Crippen LogP contribution in [0.15, 0.2) is 18.2 Å². The van der Waals surface area contributed by atoms with Crippen LogP contribution in [0.4, 0.5) is 5.69 Å². The molecule has 2 atom stereocenters. The molecule has 2 unspecified atom stereocenters. The lowest BCUT2D eigenvalue weighted by atomic mass is 9.96. The van der Waals surface area contributed by atoms with E-state index in [1.807, 2.05) is 0 Å². The number of aryl methyl sites for hydroxylation is 2. The van der Waals surface area contributed by atoms with Crippen LogP contribution in [-0.2, 0) is 0 Å². The van der Waals surface area contributed by atoms with E-state index in [0.29, 0.717) is 12.0 Å². The molecule has 0 aliphatic carbocycles. The van der Waals surface area contributed by atoms with Crippen molar-refractivity contribution < 1.29 is 0 Å². The van der Waals surface area contributed by atoms with E-state index in [9.17, 15) is 0 Å². The van der Waals surface area contributed by atoms with Crippen molar-refractivity contribution >= 4 is 5.69 Å². The topological polar surface area (TPSA) is 6.48 Å². The molecule has 0 saturated carbocycles. The third kappa shape index (κ3) is 2.46. The van der Waals surface area contributed by atoms with Crippen LogP contribution in [0, 0.1) is 19.8 Å². The number of fused-ring (bicyclic) bond motifs is 1. The predicted octanol–water partition coefficient (Wildman–Crippen LogP) is 3.61. The molecule has 2 aliphatic rings. The number of hydrogen-bond acceptors (Lipinski definition) is 2. The van der Waals surface area contributed by atoms with Crippen LogP contribution in [-0.4, -0.2) is 36.6 Å². The van der Waals surface area contributed by atoms with Crippen LogP contribution in [0.3, 0.4) is 0 Å². The molecule has 1 aromatic carbocycles. The molecule has 20 heavy (non-hydrogen) atoms. The van der Waals surface area contributed by atoms with Gasteiger partial charge < -0.3 is 4.90 Å². The molecule has 0 aromatic heterocycles. The third-order valence-electron chi connectivity index (χ3n) is 5.32. The average Bonchev–Trinajstić information content (AvgIpc) is 2.87. The van der Waals surface area contributed by atoms with E-state index in [1.165, 1.54) is 49.3 Å². The number of nitrogens with zero attached hydrogens (tertiary/aromatic N) is 2. The second kappa shape index (κ2) is 5.40. The SMILES string of the molecule is Cc1ccc(N2CC3CCCN3CC2C(C)C)cc1C. The number of benzene rings is 1. The zero-order valence-corrected chi connectivity index (χ0v) is 13.4. The first kappa shape index (κ1) is 13.9. The second-order valence-electron chi connectivity index (χ2n) is 7.02. The van der Waals surface area contributed by atoms with E-state index in [2.05, 4.69) is 55.7 Å². The van der Waals surface area contributed by atoms with Crippen molar-refractivity contribution in [1.82, 2.24) is 4.90 Å². The molecule has 2 fully saturated rings. The second-order valence-corrected chi connectivity index (χ2v) is 7.02. The Morgan fingerprint density at radius 3 is 2.60 bits per heavy atom. The minimum atomic E-state index is 0.659. The molecule has 2 heterocycles. The van der Waals surface area contributed by atoms with Crippen molar-refractivity contribution in [3.63, 3.8) is 0 Å². The Morgan fingerprint density at radius 2 is 1.90 bits per heavy atom. The van der Waals surface area contributed by atoms with Gasteiger partial charge >= 0.3 is 0 Å². The average molecular weight is 272 g/mol. The minimum absolute atomic E-state index is 0.659. The Kier molecular flexibility index (Phi) is 3.76. The van der Waals surface area contributed by atoms with Gasteiger partial charge in [0.25, 0.3) is 0 Å².